The van der Waals surface area contributed by atoms with Gasteiger partial charge in [-0.1, -0.05) is 6.92 Å². The third-order valence-corrected chi connectivity index (χ3v) is 3.95. The molecule has 1 rings (SSSR count). The van der Waals surface area contributed by atoms with Crippen molar-refractivity contribution in [1.29, 1.82) is 0 Å². The molecule has 2 atom stereocenters. The quantitative estimate of drug-likeness (QED) is 0.324. The molecule has 0 aliphatic carbocycles. The predicted molar refractivity (Wildman–Crippen MR) is 99.6 cm³/mol. The summed E-state index contributed by atoms with van der Waals surface area (Å²) in [6.07, 6.45) is -0.219. The van der Waals surface area contributed by atoms with Gasteiger partial charge in [0, 0.05) is 19.3 Å². The van der Waals surface area contributed by atoms with Crippen molar-refractivity contribution in [3.63, 3.8) is 0 Å². The topological polar surface area (TPSA) is 63.2 Å². The van der Waals surface area contributed by atoms with Gasteiger partial charge in [-0.15, -0.1) is 0 Å². The van der Waals surface area contributed by atoms with E-state index in [0.29, 0.717) is 36.9 Å². The van der Waals surface area contributed by atoms with Gasteiger partial charge in [0.15, 0.2) is 24.1 Å². The molecule has 0 heterocycles. The summed E-state index contributed by atoms with van der Waals surface area (Å²) in [6, 6.07) is 5.01. The largest absolute Gasteiger partial charge is 0.461 e. The normalized spacial score (nSPS) is 13.8. The van der Waals surface area contributed by atoms with Gasteiger partial charge in [0.05, 0.1) is 5.41 Å². The van der Waals surface area contributed by atoms with Crippen molar-refractivity contribution < 1.29 is 28.5 Å². The Hall–Kier alpha value is -1.79. The maximum atomic E-state index is 12.3. The van der Waals surface area contributed by atoms with Crippen LogP contribution >= 0.6 is 0 Å². The Bertz CT molecular complexity index is 569. The van der Waals surface area contributed by atoms with Gasteiger partial charge < -0.3 is 23.7 Å². The van der Waals surface area contributed by atoms with E-state index in [1.54, 1.807) is 32.0 Å². The Kier molecular flexibility index (Phi) is 8.88. The fraction of sp³-hybridized carbons (Fsp3) is 0.650. The van der Waals surface area contributed by atoms with Crippen LogP contribution in [-0.4, -0.2) is 31.8 Å². The first-order chi connectivity index (χ1) is 12.2. The lowest BCUT2D eigenvalue weighted by Crippen LogP contribution is -2.28. The molecule has 0 amide bonds. The van der Waals surface area contributed by atoms with E-state index >= 15 is 0 Å². The van der Waals surface area contributed by atoms with Crippen LogP contribution in [0.15, 0.2) is 18.2 Å². The average molecular weight is 368 g/mol. The van der Waals surface area contributed by atoms with Gasteiger partial charge in [0.1, 0.15) is 5.75 Å². The smallest absolute Gasteiger partial charge is 0.316 e. The summed E-state index contributed by atoms with van der Waals surface area (Å²) in [5.41, 5.74) is -0.557. The van der Waals surface area contributed by atoms with Crippen molar-refractivity contribution in [2.24, 2.45) is 5.41 Å². The van der Waals surface area contributed by atoms with Crippen LogP contribution in [0, 0.1) is 5.41 Å². The molecule has 0 saturated carbocycles. The number of esters is 1. The van der Waals surface area contributed by atoms with Crippen LogP contribution in [0.2, 0.25) is 0 Å². The number of benzene rings is 1. The minimum absolute atomic E-state index is 0.292. The van der Waals surface area contributed by atoms with Crippen molar-refractivity contribution >= 4 is 5.97 Å². The zero-order valence-electron chi connectivity index (χ0n) is 17.0. The summed E-state index contributed by atoms with van der Waals surface area (Å²) in [4.78, 5) is 12.3. The van der Waals surface area contributed by atoms with Gasteiger partial charge in [-0.3, -0.25) is 4.79 Å². The van der Waals surface area contributed by atoms with E-state index in [1.165, 1.54) is 0 Å². The van der Waals surface area contributed by atoms with E-state index in [-0.39, 0.29) is 5.97 Å². The second-order valence-electron chi connectivity index (χ2n) is 6.52. The van der Waals surface area contributed by atoms with E-state index < -0.39 is 18.0 Å². The van der Waals surface area contributed by atoms with E-state index in [4.69, 9.17) is 23.7 Å². The standard InChI is InChI=1S/C20H32O6/c1-8-20(6,7)19(21)26-16-11-12-17(24-14(4)22-9-2)18(13-16)25-15(5)23-10-3/h11-15H,8-10H2,1-7H3. The van der Waals surface area contributed by atoms with Gasteiger partial charge >= 0.3 is 5.97 Å². The predicted octanol–water partition coefficient (Wildman–Crippen LogP) is 4.55. The second kappa shape index (κ2) is 10.4. The Morgan fingerprint density at radius 3 is 2.00 bits per heavy atom. The molecule has 0 aromatic heterocycles. The maximum absolute atomic E-state index is 12.3. The fourth-order valence-corrected chi connectivity index (χ4v) is 2.03. The minimum atomic E-state index is -0.557. The number of ether oxygens (including phenoxy) is 5. The Balaban J connectivity index is 3.03. The monoisotopic (exact) mass is 368 g/mol. The SMILES string of the molecule is CCOC(C)Oc1ccc(OC(=O)C(C)(C)CC)cc1OC(C)OCC. The van der Waals surface area contributed by atoms with Crippen LogP contribution in [0.4, 0.5) is 0 Å². The number of hydrogen-bond acceptors (Lipinski definition) is 6. The molecule has 26 heavy (non-hydrogen) atoms. The van der Waals surface area contributed by atoms with Crippen molar-refractivity contribution in [3.8, 4) is 17.2 Å². The van der Waals surface area contributed by atoms with Crippen LogP contribution in [0.25, 0.3) is 0 Å². The number of hydrogen-bond donors (Lipinski definition) is 0. The summed E-state index contributed by atoms with van der Waals surface area (Å²) in [6.45, 7) is 14.1. The molecular formula is C20H32O6. The average Bonchev–Trinajstić information content (AvgIpc) is 2.57. The Labute approximate surface area is 156 Å². The molecular weight excluding hydrogens is 336 g/mol. The first-order valence-electron chi connectivity index (χ1n) is 9.16. The molecule has 0 bridgehead atoms. The van der Waals surface area contributed by atoms with Gasteiger partial charge in [0.2, 0.25) is 0 Å². The molecule has 0 aliphatic heterocycles. The highest BCUT2D eigenvalue weighted by Gasteiger charge is 2.28. The van der Waals surface area contributed by atoms with Crippen LogP contribution in [0.1, 0.15) is 54.9 Å². The summed E-state index contributed by atoms with van der Waals surface area (Å²) in [5.74, 6) is 1.02. The molecule has 1 aromatic rings. The van der Waals surface area contributed by atoms with E-state index in [0.717, 1.165) is 0 Å². The lowest BCUT2D eigenvalue weighted by Gasteiger charge is -2.22. The lowest BCUT2D eigenvalue weighted by atomic mass is 9.91. The molecule has 0 aliphatic rings. The van der Waals surface area contributed by atoms with Crippen molar-refractivity contribution in [2.75, 3.05) is 13.2 Å². The molecule has 0 fully saturated rings. The molecule has 1 aromatic carbocycles. The van der Waals surface area contributed by atoms with Crippen LogP contribution in [-0.2, 0) is 14.3 Å². The number of carbonyl (C=O) groups excluding carboxylic acids is 1. The molecule has 0 saturated heterocycles. The first-order valence-corrected chi connectivity index (χ1v) is 9.16. The minimum Gasteiger partial charge on any atom is -0.461 e. The third-order valence-electron chi connectivity index (χ3n) is 3.95. The Morgan fingerprint density at radius 2 is 1.50 bits per heavy atom. The number of carbonyl (C=O) groups is 1. The highest BCUT2D eigenvalue weighted by atomic mass is 16.7. The van der Waals surface area contributed by atoms with Crippen molar-refractivity contribution in [3.05, 3.63) is 18.2 Å². The molecule has 0 spiro atoms. The molecule has 0 radical (unpaired) electrons. The second-order valence-corrected chi connectivity index (χ2v) is 6.52. The molecule has 6 nitrogen and oxygen atoms in total. The molecule has 6 heteroatoms. The van der Waals surface area contributed by atoms with Crippen molar-refractivity contribution in [2.45, 2.75) is 67.5 Å². The summed E-state index contributed by atoms with van der Waals surface area (Å²) in [7, 11) is 0. The lowest BCUT2D eigenvalue weighted by molar-refractivity contribution is -0.144. The van der Waals surface area contributed by atoms with Gasteiger partial charge in [0.25, 0.3) is 0 Å². The third kappa shape index (κ3) is 6.84. The van der Waals surface area contributed by atoms with E-state index in [2.05, 4.69) is 0 Å². The number of rotatable bonds is 11. The zero-order valence-corrected chi connectivity index (χ0v) is 17.0. The summed E-state index contributed by atoms with van der Waals surface area (Å²) in [5, 5.41) is 0. The van der Waals surface area contributed by atoms with Crippen LogP contribution in [0.3, 0.4) is 0 Å². The maximum Gasteiger partial charge on any atom is 0.316 e. The van der Waals surface area contributed by atoms with Gasteiger partial charge in [-0.25, -0.2) is 0 Å². The summed E-state index contributed by atoms with van der Waals surface area (Å²) < 4.78 is 27.9. The Morgan fingerprint density at radius 1 is 0.962 bits per heavy atom. The molecule has 2 unspecified atom stereocenters. The van der Waals surface area contributed by atoms with Crippen molar-refractivity contribution in [1.82, 2.24) is 0 Å². The summed E-state index contributed by atoms with van der Waals surface area (Å²) >= 11 is 0. The fourth-order valence-electron chi connectivity index (χ4n) is 2.03. The van der Waals surface area contributed by atoms with E-state index in [1.807, 2.05) is 34.6 Å². The first kappa shape index (κ1) is 22.3. The highest BCUT2D eigenvalue weighted by Crippen LogP contribution is 2.34. The van der Waals surface area contributed by atoms with Gasteiger partial charge in [-0.05, 0) is 60.1 Å². The highest BCUT2D eigenvalue weighted by molar-refractivity contribution is 5.78. The zero-order chi connectivity index (χ0) is 19.7. The van der Waals surface area contributed by atoms with Gasteiger partial charge in [-0.2, -0.15) is 0 Å². The van der Waals surface area contributed by atoms with Crippen LogP contribution in [0.5, 0.6) is 17.2 Å². The van der Waals surface area contributed by atoms with E-state index in [9.17, 15) is 4.79 Å². The van der Waals surface area contributed by atoms with Crippen LogP contribution < -0.4 is 14.2 Å². The molecule has 148 valence electrons. The molecule has 0 N–H and O–H groups in total.